The highest BCUT2D eigenvalue weighted by Gasteiger charge is 2.29. The van der Waals surface area contributed by atoms with Crippen molar-refractivity contribution in [2.75, 3.05) is 0 Å². The van der Waals surface area contributed by atoms with Crippen molar-refractivity contribution in [3.05, 3.63) is 44.0 Å². The van der Waals surface area contributed by atoms with Crippen LogP contribution in [0.25, 0.3) is 6.08 Å². The van der Waals surface area contributed by atoms with Crippen LogP contribution in [0.5, 0.6) is 11.6 Å². The summed E-state index contributed by atoms with van der Waals surface area (Å²) in [5.74, 6) is -2.73. The zero-order valence-electron chi connectivity index (χ0n) is 13.7. The van der Waals surface area contributed by atoms with Gasteiger partial charge >= 0.3 is 5.97 Å². The summed E-state index contributed by atoms with van der Waals surface area (Å²) in [5.41, 5.74) is -0.154. The van der Waals surface area contributed by atoms with Gasteiger partial charge < -0.3 is 14.9 Å². The monoisotopic (exact) mass is 408 g/mol. The molecule has 0 amide bonds. The number of thiazole rings is 1. The van der Waals surface area contributed by atoms with Gasteiger partial charge in [0.05, 0.1) is 16.0 Å². The Kier molecular flexibility index (Phi) is 5.19. The lowest BCUT2D eigenvalue weighted by Gasteiger charge is -2.18. The topological polar surface area (TPSA) is 113 Å². The van der Waals surface area contributed by atoms with Crippen LogP contribution < -0.4 is 4.74 Å². The Balaban J connectivity index is 1.95. The average Bonchev–Trinajstić information content (AvgIpc) is 2.86. The molecule has 1 aromatic carbocycles. The number of ether oxygens (including phenoxy) is 1. The van der Waals surface area contributed by atoms with Gasteiger partial charge in [0.15, 0.2) is 3.95 Å². The number of aromatic nitrogens is 1. The minimum atomic E-state index is -0.956. The maximum absolute atomic E-state index is 13.4. The van der Waals surface area contributed by atoms with Gasteiger partial charge in [0, 0.05) is 13.0 Å². The van der Waals surface area contributed by atoms with E-state index in [2.05, 4.69) is 0 Å². The van der Waals surface area contributed by atoms with E-state index < -0.39 is 23.5 Å². The van der Waals surface area contributed by atoms with Crippen molar-refractivity contribution in [1.29, 1.82) is 5.41 Å². The summed E-state index contributed by atoms with van der Waals surface area (Å²) in [6.07, 6.45) is 1.46. The second-order valence-electron chi connectivity index (χ2n) is 5.66. The summed E-state index contributed by atoms with van der Waals surface area (Å²) in [6, 6.07) is 3.42. The number of carboxylic acids is 1. The Morgan fingerprint density at radius 3 is 2.89 bits per heavy atom. The first-order valence-electron chi connectivity index (χ1n) is 7.75. The molecule has 27 heavy (non-hydrogen) atoms. The van der Waals surface area contributed by atoms with E-state index in [4.69, 9.17) is 27.5 Å². The van der Waals surface area contributed by atoms with Crippen LogP contribution in [0.2, 0.25) is 0 Å². The average molecular weight is 408 g/mol. The normalized spacial score (nSPS) is 14.9. The maximum Gasteiger partial charge on any atom is 0.303 e. The number of nitrogens with one attached hydrogen (secondary N) is 1. The number of aromatic hydroxyl groups is 1. The third kappa shape index (κ3) is 3.81. The lowest BCUT2D eigenvalue weighted by atomic mass is 9.99. The predicted molar refractivity (Wildman–Crippen MR) is 98.7 cm³/mol. The van der Waals surface area contributed by atoms with Gasteiger partial charge in [-0.05, 0) is 42.9 Å². The number of ketones is 1. The molecule has 0 unspecified atom stereocenters. The third-order valence-corrected chi connectivity index (χ3v) is 5.21. The number of halogens is 1. The molecule has 1 aliphatic heterocycles. The molecule has 1 aromatic heterocycles. The highest BCUT2D eigenvalue weighted by atomic mass is 32.1. The molecule has 3 rings (SSSR count). The number of hydrogen-bond donors (Lipinski definition) is 3. The molecule has 0 fully saturated rings. The molecule has 2 aromatic rings. The van der Waals surface area contributed by atoms with Crippen LogP contribution in [-0.2, 0) is 11.3 Å². The number of hydrogen-bond acceptors (Lipinski definition) is 7. The highest BCUT2D eigenvalue weighted by Crippen LogP contribution is 2.33. The zero-order valence-corrected chi connectivity index (χ0v) is 15.3. The molecular weight excluding hydrogens is 395 g/mol. The minimum Gasteiger partial charge on any atom is -0.493 e. The van der Waals surface area contributed by atoms with Gasteiger partial charge in [0.2, 0.25) is 17.6 Å². The highest BCUT2D eigenvalue weighted by molar-refractivity contribution is 7.73. The molecule has 0 aliphatic carbocycles. The largest absolute Gasteiger partial charge is 0.493 e. The Morgan fingerprint density at radius 1 is 1.44 bits per heavy atom. The first-order chi connectivity index (χ1) is 12.8. The van der Waals surface area contributed by atoms with Crippen LogP contribution in [0, 0.1) is 15.2 Å². The summed E-state index contributed by atoms with van der Waals surface area (Å²) < 4.78 is 20.4. The minimum absolute atomic E-state index is 0.0128. The molecule has 2 heterocycles. The Hall–Kier alpha value is -2.85. The molecule has 0 saturated heterocycles. The van der Waals surface area contributed by atoms with E-state index in [0.717, 1.165) is 23.5 Å². The molecule has 0 spiro atoms. The second kappa shape index (κ2) is 7.41. The van der Waals surface area contributed by atoms with Crippen molar-refractivity contribution in [3.8, 4) is 11.6 Å². The van der Waals surface area contributed by atoms with Gasteiger partial charge in [-0.25, -0.2) is 4.39 Å². The summed E-state index contributed by atoms with van der Waals surface area (Å²) in [5, 5.41) is 27.0. The number of carbonyl (C=O) groups is 2. The SMILES string of the molecule is N=C1Oc2ccc(F)cc2C(=O)/C1=C\c1sc(=S)n(CCCC(=O)O)c1O. The Morgan fingerprint density at radius 2 is 2.19 bits per heavy atom. The zero-order chi connectivity index (χ0) is 19.7. The van der Waals surface area contributed by atoms with Crippen molar-refractivity contribution in [1.82, 2.24) is 4.57 Å². The summed E-state index contributed by atoms with van der Waals surface area (Å²) in [6.45, 7) is 0.201. The van der Waals surface area contributed by atoms with Crippen LogP contribution in [0.1, 0.15) is 28.1 Å². The number of benzene rings is 1. The number of carbonyl (C=O) groups excluding carboxylic acids is 1. The number of aliphatic carboxylic acids is 1. The summed E-state index contributed by atoms with van der Waals surface area (Å²) in [4.78, 5) is 23.4. The fourth-order valence-corrected chi connectivity index (χ4v) is 3.84. The van der Waals surface area contributed by atoms with E-state index in [1.807, 2.05) is 0 Å². The van der Waals surface area contributed by atoms with Gasteiger partial charge in [0.25, 0.3) is 0 Å². The van der Waals surface area contributed by atoms with Gasteiger partial charge in [0.1, 0.15) is 11.6 Å². The quantitative estimate of drug-likeness (QED) is 0.514. The molecule has 0 radical (unpaired) electrons. The van der Waals surface area contributed by atoms with E-state index >= 15 is 0 Å². The molecule has 1 aliphatic rings. The number of carboxylic acid groups (broad SMARTS) is 1. The molecular formula is C17H13FN2O5S2. The van der Waals surface area contributed by atoms with E-state index in [9.17, 15) is 19.1 Å². The molecule has 10 heteroatoms. The number of rotatable bonds is 5. The van der Waals surface area contributed by atoms with Gasteiger partial charge in [-0.2, -0.15) is 0 Å². The van der Waals surface area contributed by atoms with Gasteiger partial charge in [-0.1, -0.05) is 0 Å². The smallest absolute Gasteiger partial charge is 0.303 e. The van der Waals surface area contributed by atoms with E-state index in [0.29, 0.717) is 3.95 Å². The summed E-state index contributed by atoms with van der Waals surface area (Å²) in [7, 11) is 0. The Labute approximate surface area is 161 Å². The third-order valence-electron chi connectivity index (χ3n) is 3.83. The van der Waals surface area contributed by atoms with Crippen molar-refractivity contribution in [3.63, 3.8) is 0 Å². The predicted octanol–water partition coefficient (Wildman–Crippen LogP) is 3.62. The van der Waals surface area contributed by atoms with Crippen LogP contribution in [0.4, 0.5) is 4.39 Å². The van der Waals surface area contributed by atoms with Crippen molar-refractivity contribution in [2.45, 2.75) is 19.4 Å². The van der Waals surface area contributed by atoms with Crippen LogP contribution in [-0.4, -0.2) is 32.4 Å². The summed E-state index contributed by atoms with van der Waals surface area (Å²) >= 11 is 6.18. The molecule has 7 nitrogen and oxygen atoms in total. The molecule has 0 bridgehead atoms. The molecule has 0 atom stereocenters. The number of fused-ring (bicyclic) bond motifs is 1. The molecule has 3 N–H and O–H groups in total. The second-order valence-corrected chi connectivity index (χ2v) is 7.34. The first kappa shape index (κ1) is 18.9. The van der Waals surface area contributed by atoms with E-state index in [-0.39, 0.29) is 47.0 Å². The van der Waals surface area contributed by atoms with Gasteiger partial charge in [-0.15, -0.1) is 11.3 Å². The molecule has 140 valence electrons. The van der Waals surface area contributed by atoms with Crippen LogP contribution >= 0.6 is 23.6 Å². The lowest BCUT2D eigenvalue weighted by molar-refractivity contribution is -0.137. The van der Waals surface area contributed by atoms with E-state index in [1.165, 1.54) is 16.7 Å². The Bertz CT molecular complexity index is 1050. The van der Waals surface area contributed by atoms with Crippen molar-refractivity contribution < 1.29 is 28.9 Å². The van der Waals surface area contributed by atoms with Gasteiger partial charge in [-0.3, -0.25) is 19.6 Å². The van der Waals surface area contributed by atoms with Crippen molar-refractivity contribution in [2.24, 2.45) is 0 Å². The van der Waals surface area contributed by atoms with Crippen molar-refractivity contribution >= 4 is 47.3 Å². The lowest BCUT2D eigenvalue weighted by Crippen LogP contribution is -2.24. The number of Topliss-reactive ketones (excluding diaryl/α,β-unsaturated/α-hetero) is 1. The standard InChI is InChI=1S/C17H13FN2O5S2/c18-8-3-4-11-9(6-8)14(23)10(15(19)25-11)7-12-16(24)20(17(26)27-12)5-1-2-13(21)22/h3-4,6-7,19,24H,1-2,5H2,(H,21,22)/b10-7+,19-15?. The van der Waals surface area contributed by atoms with E-state index in [1.54, 1.807) is 0 Å². The number of nitrogens with zero attached hydrogens (tertiary/aromatic N) is 1. The van der Waals surface area contributed by atoms with Crippen LogP contribution in [0.15, 0.2) is 23.8 Å². The molecule has 0 saturated carbocycles. The van der Waals surface area contributed by atoms with Crippen LogP contribution in [0.3, 0.4) is 0 Å². The first-order valence-corrected chi connectivity index (χ1v) is 8.97. The maximum atomic E-state index is 13.4. The fourth-order valence-electron chi connectivity index (χ4n) is 2.54. The fraction of sp³-hybridized carbons (Fsp3) is 0.176.